The van der Waals surface area contributed by atoms with Gasteiger partial charge in [0.25, 0.3) is 5.56 Å². The SMILES string of the molecule is CCN(CC)CCCOc1ccc(/C(=C/[C@H]2CCC(O)C2)c2ccc(C3CC3)c(=O)[nH]2)cc1Cl. The van der Waals surface area contributed by atoms with E-state index in [0.717, 1.165) is 80.6 Å². The molecule has 2 N–H and O–H groups in total. The highest BCUT2D eigenvalue weighted by Crippen LogP contribution is 2.39. The minimum Gasteiger partial charge on any atom is -0.492 e. The lowest BCUT2D eigenvalue weighted by Gasteiger charge is -2.18. The van der Waals surface area contributed by atoms with Crippen LogP contribution in [0.25, 0.3) is 5.57 Å². The maximum absolute atomic E-state index is 12.7. The lowest BCUT2D eigenvalue weighted by molar-refractivity contribution is 0.180. The van der Waals surface area contributed by atoms with Crippen molar-refractivity contribution in [1.82, 2.24) is 9.88 Å². The van der Waals surface area contributed by atoms with Crippen LogP contribution in [0.2, 0.25) is 5.02 Å². The number of aliphatic hydroxyl groups is 1. The van der Waals surface area contributed by atoms with Crippen molar-refractivity contribution >= 4 is 17.2 Å². The molecule has 0 saturated heterocycles. The van der Waals surface area contributed by atoms with E-state index < -0.39 is 0 Å². The number of rotatable bonds is 11. The van der Waals surface area contributed by atoms with Crippen molar-refractivity contribution in [1.29, 1.82) is 0 Å². The summed E-state index contributed by atoms with van der Waals surface area (Å²) >= 11 is 6.63. The van der Waals surface area contributed by atoms with Crippen molar-refractivity contribution in [3.8, 4) is 5.75 Å². The van der Waals surface area contributed by atoms with E-state index in [9.17, 15) is 9.90 Å². The fourth-order valence-electron chi connectivity index (χ4n) is 4.87. The minimum atomic E-state index is -0.255. The molecule has 2 aromatic rings. The molecule has 1 unspecified atom stereocenters. The van der Waals surface area contributed by atoms with Crippen LogP contribution in [-0.2, 0) is 0 Å². The Balaban J connectivity index is 1.54. The van der Waals surface area contributed by atoms with Crippen LogP contribution in [-0.4, -0.2) is 47.3 Å². The summed E-state index contributed by atoms with van der Waals surface area (Å²) in [6, 6.07) is 9.83. The normalized spacial score (nSPS) is 20.8. The first-order chi connectivity index (χ1) is 16.5. The fourth-order valence-corrected chi connectivity index (χ4v) is 5.11. The van der Waals surface area contributed by atoms with Crippen LogP contribution in [0.4, 0.5) is 0 Å². The number of aromatic amines is 1. The van der Waals surface area contributed by atoms with E-state index in [2.05, 4.69) is 29.8 Å². The van der Waals surface area contributed by atoms with E-state index in [1.807, 2.05) is 30.3 Å². The van der Waals surface area contributed by atoms with Gasteiger partial charge in [0.1, 0.15) is 5.75 Å². The van der Waals surface area contributed by atoms with E-state index in [1.54, 1.807) is 0 Å². The number of pyridine rings is 1. The number of aromatic nitrogens is 1. The highest BCUT2D eigenvalue weighted by Gasteiger charge is 2.27. The molecule has 4 rings (SSSR count). The van der Waals surface area contributed by atoms with Gasteiger partial charge in [-0.05, 0) is 87.2 Å². The van der Waals surface area contributed by atoms with Crippen LogP contribution >= 0.6 is 11.6 Å². The maximum Gasteiger partial charge on any atom is 0.251 e. The van der Waals surface area contributed by atoms with E-state index in [0.29, 0.717) is 23.3 Å². The van der Waals surface area contributed by atoms with Crippen LogP contribution in [0.15, 0.2) is 41.2 Å². The number of allylic oxidation sites excluding steroid dienone is 1. The number of aliphatic hydroxyl groups excluding tert-OH is 1. The monoisotopic (exact) mass is 484 g/mol. The predicted octanol–water partition coefficient (Wildman–Crippen LogP) is 5.61. The minimum absolute atomic E-state index is 0.00314. The second kappa shape index (κ2) is 11.6. The average molecular weight is 485 g/mol. The zero-order valence-electron chi connectivity index (χ0n) is 20.4. The quantitative estimate of drug-likeness (QED) is 0.407. The molecule has 0 bridgehead atoms. The summed E-state index contributed by atoms with van der Waals surface area (Å²) < 4.78 is 5.96. The van der Waals surface area contributed by atoms with Crippen LogP contribution in [0.5, 0.6) is 5.75 Å². The van der Waals surface area contributed by atoms with Gasteiger partial charge in [0.15, 0.2) is 0 Å². The lowest BCUT2D eigenvalue weighted by atomic mass is 9.95. The summed E-state index contributed by atoms with van der Waals surface area (Å²) in [6.07, 6.45) is 7.57. The zero-order chi connectivity index (χ0) is 24.1. The molecule has 0 radical (unpaired) electrons. The first kappa shape index (κ1) is 25.0. The van der Waals surface area contributed by atoms with Gasteiger partial charge in [-0.15, -0.1) is 0 Å². The van der Waals surface area contributed by atoms with Crippen molar-refractivity contribution in [3.05, 3.63) is 68.6 Å². The Kier molecular flexibility index (Phi) is 8.51. The molecule has 2 aliphatic carbocycles. The number of ether oxygens (including phenoxy) is 1. The summed E-state index contributed by atoms with van der Waals surface area (Å²) in [7, 11) is 0. The van der Waals surface area contributed by atoms with Crippen molar-refractivity contribution in [2.75, 3.05) is 26.2 Å². The molecule has 2 saturated carbocycles. The van der Waals surface area contributed by atoms with E-state index in [-0.39, 0.29) is 17.6 Å². The van der Waals surface area contributed by atoms with Gasteiger partial charge in [0.2, 0.25) is 0 Å². The maximum atomic E-state index is 12.7. The molecule has 5 nitrogen and oxygen atoms in total. The third kappa shape index (κ3) is 6.32. The molecule has 0 aliphatic heterocycles. The molecule has 2 fully saturated rings. The van der Waals surface area contributed by atoms with Gasteiger partial charge < -0.3 is 19.7 Å². The topological polar surface area (TPSA) is 65.6 Å². The first-order valence-electron chi connectivity index (χ1n) is 12.8. The number of halogens is 1. The zero-order valence-corrected chi connectivity index (χ0v) is 21.1. The molecule has 34 heavy (non-hydrogen) atoms. The molecule has 1 aromatic carbocycles. The highest BCUT2D eigenvalue weighted by atomic mass is 35.5. The van der Waals surface area contributed by atoms with Crippen LogP contribution in [0.3, 0.4) is 0 Å². The fraction of sp³-hybridized carbons (Fsp3) is 0.536. The Morgan fingerprint density at radius 3 is 2.59 bits per heavy atom. The molecular weight excluding hydrogens is 448 g/mol. The van der Waals surface area contributed by atoms with Crippen LogP contribution < -0.4 is 10.3 Å². The Hall–Kier alpha value is -2.08. The summed E-state index contributed by atoms with van der Waals surface area (Å²) in [4.78, 5) is 18.2. The molecular formula is C28H37ClN2O3. The second-order valence-corrected chi connectivity index (χ2v) is 10.0. The molecule has 1 aromatic heterocycles. The summed E-state index contributed by atoms with van der Waals surface area (Å²) in [5.41, 5.74) is 3.56. The van der Waals surface area contributed by atoms with Crippen molar-refractivity contribution in [3.63, 3.8) is 0 Å². The number of nitrogens with zero attached hydrogens (tertiary/aromatic N) is 1. The molecule has 6 heteroatoms. The third-order valence-corrected chi connectivity index (χ3v) is 7.40. The smallest absolute Gasteiger partial charge is 0.251 e. The molecule has 2 atom stereocenters. The van der Waals surface area contributed by atoms with Gasteiger partial charge in [-0.25, -0.2) is 0 Å². The van der Waals surface area contributed by atoms with Gasteiger partial charge in [-0.2, -0.15) is 0 Å². The number of nitrogens with one attached hydrogen (secondary N) is 1. The standard InChI is InChI=1S/C28H37ClN2O3/c1-3-31(4-2)14-5-15-34-27-13-9-21(18-25(27)29)24(17-19-6-10-22(32)16-19)26-12-11-23(20-7-8-20)28(33)30-26/h9,11-13,17-20,22,32H,3-8,10,14-16H2,1-2H3,(H,30,33)/b24-17-/t19-,22?/m0/s1. The second-order valence-electron chi connectivity index (χ2n) is 9.61. The largest absolute Gasteiger partial charge is 0.492 e. The lowest BCUT2D eigenvalue weighted by Crippen LogP contribution is -2.25. The van der Waals surface area contributed by atoms with Crippen LogP contribution in [0.1, 0.15) is 75.1 Å². The van der Waals surface area contributed by atoms with Crippen LogP contribution in [0, 0.1) is 5.92 Å². The number of hydrogen-bond donors (Lipinski definition) is 2. The van der Waals surface area contributed by atoms with E-state index in [1.165, 1.54) is 0 Å². The molecule has 2 aliphatic rings. The van der Waals surface area contributed by atoms with Crippen molar-refractivity contribution in [2.24, 2.45) is 5.92 Å². The number of H-pyrrole nitrogens is 1. The molecule has 1 heterocycles. The van der Waals surface area contributed by atoms with E-state index >= 15 is 0 Å². The van der Waals surface area contributed by atoms with Gasteiger partial charge in [0, 0.05) is 23.4 Å². The highest BCUT2D eigenvalue weighted by molar-refractivity contribution is 6.32. The summed E-state index contributed by atoms with van der Waals surface area (Å²) in [6.45, 7) is 8.06. The van der Waals surface area contributed by atoms with Crippen molar-refractivity contribution in [2.45, 2.75) is 64.4 Å². The molecule has 184 valence electrons. The predicted molar refractivity (Wildman–Crippen MR) is 139 cm³/mol. The Labute approximate surface area is 207 Å². The molecule has 0 spiro atoms. The first-order valence-corrected chi connectivity index (χ1v) is 13.1. The van der Waals surface area contributed by atoms with E-state index in [4.69, 9.17) is 16.3 Å². The Morgan fingerprint density at radius 1 is 1.18 bits per heavy atom. The molecule has 0 amide bonds. The Morgan fingerprint density at radius 2 is 1.97 bits per heavy atom. The van der Waals surface area contributed by atoms with Gasteiger partial charge in [-0.3, -0.25) is 4.79 Å². The van der Waals surface area contributed by atoms with Crippen molar-refractivity contribution < 1.29 is 9.84 Å². The number of benzene rings is 1. The third-order valence-electron chi connectivity index (χ3n) is 7.11. The van der Waals surface area contributed by atoms with Gasteiger partial charge in [-0.1, -0.05) is 43.7 Å². The summed E-state index contributed by atoms with van der Waals surface area (Å²) in [5, 5.41) is 10.6. The van der Waals surface area contributed by atoms with Gasteiger partial charge in [0.05, 0.1) is 17.7 Å². The average Bonchev–Trinajstić information content (AvgIpc) is 3.59. The Bertz CT molecular complexity index is 1060. The van der Waals surface area contributed by atoms with Gasteiger partial charge >= 0.3 is 0 Å². The number of hydrogen-bond acceptors (Lipinski definition) is 4. The summed E-state index contributed by atoms with van der Waals surface area (Å²) in [5.74, 6) is 1.35.